The van der Waals surface area contributed by atoms with Crippen molar-refractivity contribution < 1.29 is 0 Å². The fraction of sp³-hybridized carbons (Fsp3) is 0.500. The second kappa shape index (κ2) is 2.42. The van der Waals surface area contributed by atoms with Crippen LogP contribution < -0.4 is 11.3 Å². The molecular formula is C8H11N3O. The molecule has 0 saturated heterocycles. The maximum atomic E-state index is 10.9. The van der Waals surface area contributed by atoms with Crippen LogP contribution in [-0.2, 0) is 5.41 Å². The largest absolute Gasteiger partial charge is 0.329 e. The molecule has 1 aliphatic carbocycles. The number of hydrogen-bond donors (Lipinski definition) is 2. The summed E-state index contributed by atoms with van der Waals surface area (Å²) in [6.45, 7) is 0.569. The van der Waals surface area contributed by atoms with E-state index in [2.05, 4.69) is 9.97 Å². The van der Waals surface area contributed by atoms with Gasteiger partial charge < -0.3 is 10.7 Å². The van der Waals surface area contributed by atoms with Gasteiger partial charge in [-0.3, -0.25) is 4.79 Å². The van der Waals surface area contributed by atoms with Crippen LogP contribution in [0, 0.1) is 0 Å². The predicted octanol–water partition coefficient (Wildman–Crippen LogP) is -0.240. The molecule has 1 aromatic rings. The van der Waals surface area contributed by atoms with E-state index in [1.807, 2.05) is 0 Å². The first kappa shape index (κ1) is 7.49. The number of aromatic nitrogens is 2. The zero-order valence-electron chi connectivity index (χ0n) is 6.71. The topological polar surface area (TPSA) is 71.8 Å². The Labute approximate surface area is 69.8 Å². The van der Waals surface area contributed by atoms with E-state index in [9.17, 15) is 4.79 Å². The van der Waals surface area contributed by atoms with E-state index in [0.29, 0.717) is 6.54 Å². The molecule has 12 heavy (non-hydrogen) atoms. The number of nitrogens with zero attached hydrogens (tertiary/aromatic N) is 1. The van der Waals surface area contributed by atoms with Crippen LogP contribution in [-0.4, -0.2) is 16.5 Å². The summed E-state index contributed by atoms with van der Waals surface area (Å²) >= 11 is 0. The Kier molecular flexibility index (Phi) is 1.51. The highest BCUT2D eigenvalue weighted by Crippen LogP contribution is 2.44. The van der Waals surface area contributed by atoms with Gasteiger partial charge in [0, 0.05) is 24.2 Å². The van der Waals surface area contributed by atoms with Gasteiger partial charge >= 0.3 is 0 Å². The van der Waals surface area contributed by atoms with Crippen LogP contribution >= 0.6 is 0 Å². The van der Waals surface area contributed by atoms with Gasteiger partial charge in [-0.2, -0.15) is 0 Å². The predicted molar refractivity (Wildman–Crippen MR) is 44.8 cm³/mol. The first-order valence-electron chi connectivity index (χ1n) is 4.03. The molecule has 64 valence electrons. The molecular weight excluding hydrogens is 154 g/mol. The van der Waals surface area contributed by atoms with Gasteiger partial charge in [0.2, 0.25) is 0 Å². The third-order valence-corrected chi connectivity index (χ3v) is 2.42. The maximum absolute atomic E-state index is 10.9. The van der Waals surface area contributed by atoms with Crippen LogP contribution in [0.4, 0.5) is 0 Å². The van der Waals surface area contributed by atoms with Gasteiger partial charge in [-0.1, -0.05) is 0 Å². The number of nitrogens with one attached hydrogen (secondary N) is 1. The van der Waals surface area contributed by atoms with Crippen LogP contribution in [0.1, 0.15) is 18.7 Å². The molecule has 0 unspecified atom stereocenters. The van der Waals surface area contributed by atoms with Crippen LogP contribution in [0.25, 0.3) is 0 Å². The lowest BCUT2D eigenvalue weighted by Gasteiger charge is -2.09. The average Bonchev–Trinajstić information content (AvgIpc) is 2.84. The van der Waals surface area contributed by atoms with E-state index in [1.165, 1.54) is 12.3 Å². The van der Waals surface area contributed by atoms with Gasteiger partial charge in [-0.15, -0.1) is 0 Å². The Morgan fingerprint density at radius 2 is 2.42 bits per heavy atom. The van der Waals surface area contributed by atoms with Crippen molar-refractivity contribution in [2.24, 2.45) is 5.73 Å². The SMILES string of the molecule is NCC1(c2nccc(=O)[nH]2)CC1. The van der Waals surface area contributed by atoms with E-state index in [-0.39, 0.29) is 11.0 Å². The highest BCUT2D eigenvalue weighted by molar-refractivity contribution is 5.18. The summed E-state index contributed by atoms with van der Waals surface area (Å²) in [5.41, 5.74) is 5.48. The lowest BCUT2D eigenvalue weighted by molar-refractivity contribution is 0.644. The zero-order chi connectivity index (χ0) is 8.60. The van der Waals surface area contributed by atoms with Crippen molar-refractivity contribution in [3.63, 3.8) is 0 Å². The van der Waals surface area contributed by atoms with Crippen molar-refractivity contribution in [3.8, 4) is 0 Å². The molecule has 0 aliphatic heterocycles. The van der Waals surface area contributed by atoms with Crippen LogP contribution in [0.15, 0.2) is 17.1 Å². The minimum Gasteiger partial charge on any atom is -0.329 e. The number of rotatable bonds is 2. The van der Waals surface area contributed by atoms with E-state index >= 15 is 0 Å². The Morgan fingerprint density at radius 1 is 1.67 bits per heavy atom. The summed E-state index contributed by atoms with van der Waals surface area (Å²) in [5.74, 6) is 0.748. The Hall–Kier alpha value is -1.16. The maximum Gasteiger partial charge on any atom is 0.250 e. The fourth-order valence-electron chi connectivity index (χ4n) is 1.33. The fourth-order valence-corrected chi connectivity index (χ4v) is 1.33. The van der Waals surface area contributed by atoms with Crippen LogP contribution in [0.2, 0.25) is 0 Å². The Morgan fingerprint density at radius 3 is 2.92 bits per heavy atom. The van der Waals surface area contributed by atoms with Gasteiger partial charge in [-0.05, 0) is 12.8 Å². The van der Waals surface area contributed by atoms with Crippen molar-refractivity contribution in [1.82, 2.24) is 9.97 Å². The van der Waals surface area contributed by atoms with Crippen molar-refractivity contribution in [1.29, 1.82) is 0 Å². The molecule has 1 aliphatic rings. The molecule has 3 N–H and O–H groups in total. The van der Waals surface area contributed by atoms with Gasteiger partial charge in [0.25, 0.3) is 5.56 Å². The molecule has 0 radical (unpaired) electrons. The molecule has 2 rings (SSSR count). The smallest absolute Gasteiger partial charge is 0.250 e. The minimum atomic E-state index is -0.0975. The highest BCUT2D eigenvalue weighted by Gasteiger charge is 2.45. The number of nitrogens with two attached hydrogens (primary N) is 1. The Balaban J connectivity index is 2.40. The molecule has 1 aromatic heterocycles. The van der Waals surface area contributed by atoms with Gasteiger partial charge in [0.1, 0.15) is 5.82 Å². The minimum absolute atomic E-state index is 0.0135. The van der Waals surface area contributed by atoms with Gasteiger partial charge in [0.15, 0.2) is 0 Å². The average molecular weight is 165 g/mol. The number of aromatic amines is 1. The van der Waals surface area contributed by atoms with E-state index in [1.54, 1.807) is 0 Å². The van der Waals surface area contributed by atoms with E-state index in [4.69, 9.17) is 5.73 Å². The summed E-state index contributed by atoms with van der Waals surface area (Å²) < 4.78 is 0. The second-order valence-electron chi connectivity index (χ2n) is 3.27. The lowest BCUT2D eigenvalue weighted by Crippen LogP contribution is -2.25. The molecule has 0 spiro atoms. The zero-order valence-corrected chi connectivity index (χ0v) is 6.71. The van der Waals surface area contributed by atoms with Crippen LogP contribution in [0.3, 0.4) is 0 Å². The van der Waals surface area contributed by atoms with E-state index in [0.717, 1.165) is 18.7 Å². The van der Waals surface area contributed by atoms with E-state index < -0.39 is 0 Å². The standard InChI is InChI=1S/C8H11N3O/c9-5-8(2-3-8)7-10-4-1-6(12)11-7/h1,4H,2-3,5,9H2,(H,10,11,12). The molecule has 4 nitrogen and oxygen atoms in total. The molecule has 1 heterocycles. The third kappa shape index (κ3) is 1.04. The molecule has 0 aromatic carbocycles. The summed E-state index contributed by atoms with van der Waals surface area (Å²) in [6.07, 6.45) is 3.61. The van der Waals surface area contributed by atoms with Gasteiger partial charge in [-0.25, -0.2) is 4.98 Å². The monoisotopic (exact) mass is 165 g/mol. The van der Waals surface area contributed by atoms with Crippen molar-refractivity contribution in [3.05, 3.63) is 28.4 Å². The summed E-state index contributed by atoms with van der Waals surface area (Å²) in [6, 6.07) is 1.41. The molecule has 1 saturated carbocycles. The van der Waals surface area contributed by atoms with Crippen molar-refractivity contribution >= 4 is 0 Å². The molecule has 1 fully saturated rings. The summed E-state index contributed by atoms with van der Waals surface area (Å²) in [7, 11) is 0. The quantitative estimate of drug-likeness (QED) is 0.635. The molecule has 0 atom stereocenters. The van der Waals surface area contributed by atoms with Crippen molar-refractivity contribution in [2.75, 3.05) is 6.54 Å². The van der Waals surface area contributed by atoms with Crippen molar-refractivity contribution in [2.45, 2.75) is 18.3 Å². The molecule has 0 amide bonds. The normalized spacial score (nSPS) is 19.1. The van der Waals surface area contributed by atoms with Gasteiger partial charge in [0.05, 0.1) is 0 Å². The Bertz CT molecular complexity index is 340. The third-order valence-electron chi connectivity index (χ3n) is 2.42. The van der Waals surface area contributed by atoms with Crippen LogP contribution in [0.5, 0.6) is 0 Å². The second-order valence-corrected chi connectivity index (χ2v) is 3.27. The lowest BCUT2D eigenvalue weighted by atomic mass is 10.1. The molecule has 4 heteroatoms. The highest BCUT2D eigenvalue weighted by atomic mass is 16.1. The first-order valence-corrected chi connectivity index (χ1v) is 4.03. The summed E-state index contributed by atoms with van der Waals surface area (Å²) in [5, 5.41) is 0. The number of hydrogen-bond acceptors (Lipinski definition) is 3. The molecule has 0 bridgehead atoms. The number of H-pyrrole nitrogens is 1. The summed E-state index contributed by atoms with van der Waals surface area (Å²) in [4.78, 5) is 17.8. The first-order chi connectivity index (χ1) is 5.77.